The van der Waals surface area contributed by atoms with Gasteiger partial charge < -0.3 is 15.4 Å². The molecule has 124 valence electrons. The van der Waals surface area contributed by atoms with Gasteiger partial charge in [-0.1, -0.05) is 12.1 Å². The van der Waals surface area contributed by atoms with Crippen molar-refractivity contribution in [2.75, 3.05) is 13.1 Å². The fourth-order valence-electron chi connectivity index (χ4n) is 2.33. The molecule has 0 aromatic heterocycles. The molecule has 2 N–H and O–H groups in total. The van der Waals surface area contributed by atoms with E-state index in [1.807, 2.05) is 20.8 Å². The summed E-state index contributed by atoms with van der Waals surface area (Å²) < 4.78 is 5.20. The number of rotatable bonds is 5. The van der Waals surface area contributed by atoms with E-state index in [4.69, 9.17) is 4.74 Å². The lowest BCUT2D eigenvalue weighted by Crippen LogP contribution is -2.37. The molecule has 1 aromatic rings. The van der Waals surface area contributed by atoms with Gasteiger partial charge in [-0.2, -0.15) is 0 Å². The summed E-state index contributed by atoms with van der Waals surface area (Å²) in [5, 5.41) is 6.19. The van der Waals surface area contributed by atoms with E-state index < -0.39 is 5.60 Å². The van der Waals surface area contributed by atoms with Crippen molar-refractivity contribution in [2.45, 2.75) is 60.1 Å². The molecule has 1 amide bonds. The van der Waals surface area contributed by atoms with Crippen LogP contribution in [0.2, 0.25) is 0 Å². The van der Waals surface area contributed by atoms with Crippen molar-refractivity contribution < 1.29 is 9.53 Å². The number of hydrogen-bond donors (Lipinski definition) is 2. The van der Waals surface area contributed by atoms with Crippen LogP contribution in [0.4, 0.5) is 4.79 Å². The van der Waals surface area contributed by atoms with Crippen molar-refractivity contribution >= 4 is 6.09 Å². The maximum atomic E-state index is 11.5. The van der Waals surface area contributed by atoms with E-state index in [1.165, 1.54) is 22.3 Å². The number of alkyl carbamates (subject to hydrolysis) is 1. The molecule has 0 bridgehead atoms. The van der Waals surface area contributed by atoms with Gasteiger partial charge in [0.15, 0.2) is 0 Å². The third-order valence-electron chi connectivity index (χ3n) is 3.59. The van der Waals surface area contributed by atoms with Crippen molar-refractivity contribution in [1.82, 2.24) is 10.6 Å². The summed E-state index contributed by atoms with van der Waals surface area (Å²) >= 11 is 0. The van der Waals surface area contributed by atoms with Crippen molar-refractivity contribution in [3.05, 3.63) is 34.4 Å². The molecule has 0 heterocycles. The Balaban J connectivity index is 2.43. The zero-order chi connectivity index (χ0) is 16.9. The van der Waals surface area contributed by atoms with Gasteiger partial charge in [-0.25, -0.2) is 4.79 Å². The Morgan fingerprint density at radius 1 is 1.09 bits per heavy atom. The average molecular weight is 306 g/mol. The highest BCUT2D eigenvalue weighted by Gasteiger charge is 2.15. The molecule has 0 saturated heterocycles. The molecule has 0 radical (unpaired) electrons. The van der Waals surface area contributed by atoms with Crippen LogP contribution in [0, 0.1) is 20.8 Å². The monoisotopic (exact) mass is 306 g/mol. The number of ether oxygens (including phenoxy) is 1. The van der Waals surface area contributed by atoms with Gasteiger partial charge in [0.25, 0.3) is 0 Å². The quantitative estimate of drug-likeness (QED) is 0.814. The van der Waals surface area contributed by atoms with Crippen LogP contribution in [0.25, 0.3) is 0 Å². The summed E-state index contributed by atoms with van der Waals surface area (Å²) in [5.74, 6) is 0. The Morgan fingerprint density at radius 3 is 2.27 bits per heavy atom. The lowest BCUT2D eigenvalue weighted by Gasteiger charge is -2.21. The second-order valence-electron chi connectivity index (χ2n) is 6.90. The summed E-state index contributed by atoms with van der Waals surface area (Å²) in [4.78, 5) is 11.5. The number of aryl methyl sites for hydroxylation is 3. The van der Waals surface area contributed by atoms with Gasteiger partial charge in [-0.15, -0.1) is 0 Å². The summed E-state index contributed by atoms with van der Waals surface area (Å²) in [5.41, 5.74) is 4.77. The molecule has 4 nitrogen and oxygen atoms in total. The van der Waals surface area contributed by atoms with Gasteiger partial charge in [0, 0.05) is 19.1 Å². The normalized spacial score (nSPS) is 12.9. The Labute approximate surface area is 134 Å². The third kappa shape index (κ3) is 6.06. The first-order chi connectivity index (χ1) is 10.1. The highest BCUT2D eigenvalue weighted by atomic mass is 16.6. The molecule has 0 saturated carbocycles. The smallest absolute Gasteiger partial charge is 0.407 e. The van der Waals surface area contributed by atoms with E-state index in [1.54, 1.807) is 0 Å². The molecule has 4 heteroatoms. The van der Waals surface area contributed by atoms with Gasteiger partial charge in [0.1, 0.15) is 5.60 Å². The summed E-state index contributed by atoms with van der Waals surface area (Å²) in [7, 11) is 0. The molecular weight excluding hydrogens is 276 g/mol. The van der Waals surface area contributed by atoms with Crippen molar-refractivity contribution in [3.63, 3.8) is 0 Å². The number of benzene rings is 1. The van der Waals surface area contributed by atoms with Crippen LogP contribution < -0.4 is 10.6 Å². The Hall–Kier alpha value is -1.55. The van der Waals surface area contributed by atoms with Gasteiger partial charge in [0.2, 0.25) is 0 Å². The lowest BCUT2D eigenvalue weighted by atomic mass is 9.96. The van der Waals surface area contributed by atoms with Gasteiger partial charge >= 0.3 is 6.09 Å². The maximum absolute atomic E-state index is 11.5. The Morgan fingerprint density at radius 2 is 1.68 bits per heavy atom. The number of hydrogen-bond acceptors (Lipinski definition) is 3. The standard InChI is InChI=1S/C18H30N2O2/c1-12-10-14(3)16(11-13(12)2)15(4)19-8-9-20-17(21)22-18(5,6)7/h10-11,15,19H,8-9H2,1-7H3,(H,20,21). The first-order valence-electron chi connectivity index (χ1n) is 7.88. The third-order valence-corrected chi connectivity index (χ3v) is 3.59. The minimum Gasteiger partial charge on any atom is -0.444 e. The predicted octanol–water partition coefficient (Wildman–Crippen LogP) is 3.79. The van der Waals surface area contributed by atoms with Crippen LogP contribution in [0.3, 0.4) is 0 Å². The molecule has 1 aromatic carbocycles. The number of nitrogens with one attached hydrogen (secondary N) is 2. The van der Waals surface area contributed by atoms with Gasteiger partial charge in [-0.3, -0.25) is 0 Å². The number of carbonyl (C=O) groups is 1. The summed E-state index contributed by atoms with van der Waals surface area (Å²) in [6.07, 6.45) is -0.371. The second kappa shape index (κ2) is 7.63. The SMILES string of the molecule is Cc1cc(C)c(C(C)NCCNC(=O)OC(C)(C)C)cc1C. The highest BCUT2D eigenvalue weighted by molar-refractivity contribution is 5.67. The molecule has 1 rings (SSSR count). The number of carbonyl (C=O) groups excluding carboxylic acids is 1. The second-order valence-corrected chi connectivity index (χ2v) is 6.90. The molecule has 22 heavy (non-hydrogen) atoms. The fraction of sp³-hybridized carbons (Fsp3) is 0.611. The molecule has 0 aliphatic heterocycles. The maximum Gasteiger partial charge on any atom is 0.407 e. The van der Waals surface area contributed by atoms with E-state index in [-0.39, 0.29) is 12.1 Å². The van der Waals surface area contributed by atoms with Gasteiger partial charge in [-0.05, 0) is 70.7 Å². The van der Waals surface area contributed by atoms with E-state index >= 15 is 0 Å². The molecule has 1 unspecified atom stereocenters. The first-order valence-corrected chi connectivity index (χ1v) is 7.88. The summed E-state index contributed by atoms with van der Waals surface area (Å²) in [6.45, 7) is 15.4. The predicted molar refractivity (Wildman–Crippen MR) is 91.3 cm³/mol. The average Bonchev–Trinajstić information content (AvgIpc) is 2.36. The van der Waals surface area contributed by atoms with Crippen molar-refractivity contribution in [1.29, 1.82) is 0 Å². The molecule has 1 atom stereocenters. The van der Waals surface area contributed by atoms with Crippen LogP contribution in [0.5, 0.6) is 0 Å². The van der Waals surface area contributed by atoms with Crippen LogP contribution in [-0.2, 0) is 4.74 Å². The van der Waals surface area contributed by atoms with E-state index in [0.29, 0.717) is 13.1 Å². The minimum atomic E-state index is -0.457. The van der Waals surface area contributed by atoms with Crippen LogP contribution in [0.1, 0.15) is 56.0 Å². The fourth-order valence-corrected chi connectivity index (χ4v) is 2.33. The zero-order valence-electron chi connectivity index (χ0n) is 15.0. The van der Waals surface area contributed by atoms with Gasteiger partial charge in [0.05, 0.1) is 0 Å². The molecule has 0 aliphatic rings. The zero-order valence-corrected chi connectivity index (χ0v) is 15.0. The topological polar surface area (TPSA) is 50.4 Å². The number of amides is 1. The van der Waals surface area contributed by atoms with Crippen molar-refractivity contribution in [2.24, 2.45) is 0 Å². The van der Waals surface area contributed by atoms with Crippen LogP contribution in [0.15, 0.2) is 12.1 Å². The van der Waals surface area contributed by atoms with Crippen LogP contribution in [-0.4, -0.2) is 24.8 Å². The first kappa shape index (κ1) is 18.5. The largest absolute Gasteiger partial charge is 0.444 e. The molecule has 0 aliphatic carbocycles. The summed E-state index contributed by atoms with van der Waals surface area (Å²) in [6, 6.07) is 4.71. The Kier molecular flexibility index (Phi) is 6.42. The van der Waals surface area contributed by atoms with Crippen LogP contribution >= 0.6 is 0 Å². The Bertz CT molecular complexity index is 519. The molecular formula is C18H30N2O2. The van der Waals surface area contributed by atoms with E-state index in [0.717, 1.165) is 0 Å². The molecule has 0 fully saturated rings. The molecule has 0 spiro atoms. The van der Waals surface area contributed by atoms with E-state index in [9.17, 15) is 4.79 Å². The van der Waals surface area contributed by atoms with Crippen molar-refractivity contribution in [3.8, 4) is 0 Å². The minimum absolute atomic E-state index is 0.250. The van der Waals surface area contributed by atoms with E-state index in [2.05, 4.69) is 50.5 Å². The highest BCUT2D eigenvalue weighted by Crippen LogP contribution is 2.21. The lowest BCUT2D eigenvalue weighted by molar-refractivity contribution is 0.0528.